The molecule has 6 aromatic carbocycles. The summed E-state index contributed by atoms with van der Waals surface area (Å²) in [6.07, 6.45) is 7.60. The first-order chi connectivity index (χ1) is 38.4. The highest BCUT2D eigenvalue weighted by Gasteiger charge is 2.42. The number of hydrogen-bond donors (Lipinski definition) is 4. The van der Waals surface area contributed by atoms with Crippen LogP contribution >= 0.6 is 0 Å². The summed E-state index contributed by atoms with van der Waals surface area (Å²) in [6, 6.07) is 43.1. The summed E-state index contributed by atoms with van der Waals surface area (Å²) < 4.78 is 0. The van der Waals surface area contributed by atoms with Gasteiger partial charge in [0.2, 0.25) is 0 Å². The molecule has 8 bridgehead atoms. The molecule has 4 aliphatic heterocycles. The summed E-state index contributed by atoms with van der Waals surface area (Å²) in [7, 11) is 0. The first kappa shape index (κ1) is 49.2. The summed E-state index contributed by atoms with van der Waals surface area (Å²) in [5.74, 6) is 4.25. The van der Waals surface area contributed by atoms with Crippen molar-refractivity contribution in [2.24, 2.45) is 0 Å². The zero-order valence-corrected chi connectivity index (χ0v) is 44.5. The van der Waals surface area contributed by atoms with E-state index in [4.69, 9.17) is 9.97 Å². The summed E-state index contributed by atoms with van der Waals surface area (Å²) in [6.45, 7) is 13.0. The van der Waals surface area contributed by atoms with Crippen LogP contribution in [0.2, 0.25) is 0 Å². The van der Waals surface area contributed by atoms with Crippen molar-refractivity contribution in [3.63, 3.8) is 0 Å². The van der Waals surface area contributed by atoms with Crippen molar-refractivity contribution in [2.75, 3.05) is 9.80 Å². The number of rotatable bonds is 4. The predicted octanol–water partition coefficient (Wildman–Crippen LogP) is 14.1. The SMILES string of the molecule is CC(C)(C)c1ccc(-c2c3nc(c(N4C(=O)c5ccc6c7c(ccc(c57)C4=O)C(=O)N(c4ccc(O)cc4)C6=O)c4ccc([nH]4)c(-c4ccc(C(C)(C)C)cc4)c4nc(c(C#Cc5ccc(O)cc5)c5ccc2[nH]5)C=C4)C=C3)cc1. The first-order valence-corrected chi connectivity index (χ1v) is 26.2. The Balaban J connectivity index is 1.08. The molecule has 12 nitrogen and oxygen atoms in total. The van der Waals surface area contributed by atoms with E-state index >= 15 is 9.59 Å². The van der Waals surface area contributed by atoms with Crippen LogP contribution in [-0.2, 0) is 10.8 Å². The minimum absolute atomic E-state index is 0.0281. The van der Waals surface area contributed by atoms with Gasteiger partial charge in [-0.3, -0.25) is 19.2 Å². The number of nitrogens with zero attached hydrogens (tertiary/aromatic N) is 4. The van der Waals surface area contributed by atoms with Crippen molar-refractivity contribution >= 4 is 92.1 Å². The Morgan fingerprint density at radius 1 is 0.412 bits per heavy atom. The molecule has 7 heterocycles. The summed E-state index contributed by atoms with van der Waals surface area (Å²) >= 11 is 0. The fraction of sp³-hybridized carbons (Fsp3) is 0.118. The number of hydrogen-bond acceptors (Lipinski definition) is 8. The number of aromatic nitrogens is 4. The number of carbonyl (C=O) groups is 4. The molecular formula is C68H50N6O6. The predicted molar refractivity (Wildman–Crippen MR) is 316 cm³/mol. The lowest BCUT2D eigenvalue weighted by atomic mass is 9.85. The number of fused-ring (bicyclic) bond motifs is 8. The second kappa shape index (κ2) is 18.1. The number of aromatic amines is 2. The lowest BCUT2D eigenvalue weighted by molar-refractivity contribution is 0.0873. The lowest BCUT2D eigenvalue weighted by Crippen LogP contribution is -2.43. The van der Waals surface area contributed by atoms with E-state index in [0.717, 1.165) is 48.7 Å². The van der Waals surface area contributed by atoms with Crippen molar-refractivity contribution in [3.8, 4) is 45.6 Å². The van der Waals surface area contributed by atoms with Gasteiger partial charge in [0.25, 0.3) is 23.6 Å². The molecule has 13 rings (SSSR count). The van der Waals surface area contributed by atoms with Gasteiger partial charge >= 0.3 is 0 Å². The Morgan fingerprint density at radius 2 is 0.812 bits per heavy atom. The van der Waals surface area contributed by atoms with Crippen LogP contribution in [0.3, 0.4) is 0 Å². The van der Waals surface area contributed by atoms with Gasteiger partial charge in [-0.25, -0.2) is 19.8 Å². The largest absolute Gasteiger partial charge is 0.508 e. The quantitative estimate of drug-likeness (QED) is 0.0996. The summed E-state index contributed by atoms with van der Waals surface area (Å²) in [5.41, 5.74) is 12.2. The molecular weight excluding hydrogens is 997 g/mol. The zero-order chi connectivity index (χ0) is 55.5. The summed E-state index contributed by atoms with van der Waals surface area (Å²) in [4.78, 5) is 79.9. The van der Waals surface area contributed by atoms with Gasteiger partial charge in [-0.2, -0.15) is 0 Å². The molecule has 12 heteroatoms. The van der Waals surface area contributed by atoms with Crippen molar-refractivity contribution in [1.29, 1.82) is 0 Å². The minimum atomic E-state index is -0.672. The third-order valence-electron chi connectivity index (χ3n) is 15.2. The van der Waals surface area contributed by atoms with E-state index in [1.54, 1.807) is 24.3 Å². The molecule has 9 aromatic rings. The molecule has 0 saturated heterocycles. The Kier molecular flexibility index (Phi) is 11.1. The Labute approximate surface area is 460 Å². The fourth-order valence-corrected chi connectivity index (χ4v) is 11.0. The average Bonchev–Trinajstić information content (AvgIpc) is 4.35. The number of amides is 4. The van der Waals surface area contributed by atoms with Gasteiger partial charge in [-0.1, -0.05) is 102 Å². The number of phenolic OH excluding ortho intramolecular Hbond substituents is 2. The third kappa shape index (κ3) is 8.09. The second-order valence-corrected chi connectivity index (χ2v) is 22.4. The van der Waals surface area contributed by atoms with Gasteiger partial charge < -0.3 is 20.2 Å². The highest BCUT2D eigenvalue weighted by molar-refractivity contribution is 6.42. The van der Waals surface area contributed by atoms with Gasteiger partial charge in [-0.05, 0) is 154 Å². The Hall–Kier alpha value is -10.4. The normalized spacial score (nSPS) is 13.8. The van der Waals surface area contributed by atoms with Gasteiger partial charge in [-0.15, -0.1) is 0 Å². The molecule has 3 aromatic heterocycles. The Bertz CT molecular complexity index is 4390. The number of H-pyrrole nitrogens is 2. The number of benzene rings is 6. The monoisotopic (exact) mass is 1050 g/mol. The molecule has 0 aliphatic carbocycles. The van der Waals surface area contributed by atoms with Gasteiger partial charge in [0.05, 0.1) is 45.1 Å². The van der Waals surface area contributed by atoms with Crippen molar-refractivity contribution in [2.45, 2.75) is 52.4 Å². The van der Waals surface area contributed by atoms with E-state index in [1.165, 1.54) is 48.5 Å². The fourth-order valence-electron chi connectivity index (χ4n) is 11.0. The summed E-state index contributed by atoms with van der Waals surface area (Å²) in [5, 5.41) is 20.5. The van der Waals surface area contributed by atoms with Crippen molar-refractivity contribution < 1.29 is 29.4 Å². The topological polar surface area (TPSA) is 173 Å². The molecule has 0 spiro atoms. The number of anilines is 2. The minimum Gasteiger partial charge on any atom is -0.508 e. The van der Waals surface area contributed by atoms with Crippen LogP contribution < -0.4 is 9.80 Å². The van der Waals surface area contributed by atoms with Crippen LogP contribution in [0.5, 0.6) is 11.5 Å². The molecule has 0 unspecified atom stereocenters. The molecule has 4 N–H and O–H groups in total. The maximum Gasteiger partial charge on any atom is 0.266 e. The Morgan fingerprint density at radius 3 is 1.30 bits per heavy atom. The maximum absolute atomic E-state index is 15.6. The van der Waals surface area contributed by atoms with Crippen molar-refractivity contribution in [1.82, 2.24) is 19.9 Å². The number of nitrogens with one attached hydrogen (secondary N) is 2. The number of aromatic hydroxyl groups is 2. The van der Waals surface area contributed by atoms with E-state index in [9.17, 15) is 19.8 Å². The number of imide groups is 2. The van der Waals surface area contributed by atoms with Crippen LogP contribution in [0, 0.1) is 11.8 Å². The van der Waals surface area contributed by atoms with Crippen LogP contribution in [0.1, 0.15) is 128 Å². The lowest BCUT2D eigenvalue weighted by Gasteiger charge is -2.32. The molecule has 80 heavy (non-hydrogen) atoms. The molecule has 0 radical (unpaired) electrons. The van der Waals surface area contributed by atoms with Gasteiger partial charge in [0, 0.05) is 60.8 Å². The molecule has 388 valence electrons. The smallest absolute Gasteiger partial charge is 0.266 e. The zero-order valence-electron chi connectivity index (χ0n) is 44.5. The molecule has 4 aliphatic rings. The molecule has 0 saturated carbocycles. The number of carbonyl (C=O) groups excluding carboxylic acids is 4. The van der Waals surface area contributed by atoms with Crippen LogP contribution in [-0.4, -0.2) is 53.8 Å². The maximum atomic E-state index is 15.6. The number of phenols is 2. The first-order valence-electron chi connectivity index (χ1n) is 26.2. The van der Waals surface area contributed by atoms with Gasteiger partial charge in [0.15, 0.2) is 0 Å². The van der Waals surface area contributed by atoms with Crippen molar-refractivity contribution in [3.05, 3.63) is 213 Å². The van der Waals surface area contributed by atoms with Crippen LogP contribution in [0.15, 0.2) is 146 Å². The molecule has 4 amide bonds. The van der Waals surface area contributed by atoms with E-state index in [0.29, 0.717) is 50.5 Å². The van der Waals surface area contributed by atoms with E-state index in [1.807, 2.05) is 48.6 Å². The van der Waals surface area contributed by atoms with Crippen LogP contribution in [0.4, 0.5) is 11.4 Å². The second-order valence-electron chi connectivity index (χ2n) is 22.4. The van der Waals surface area contributed by atoms with E-state index in [2.05, 4.69) is 112 Å². The highest BCUT2D eigenvalue weighted by Crippen LogP contribution is 2.44. The van der Waals surface area contributed by atoms with E-state index < -0.39 is 23.6 Å². The average molecular weight is 1050 g/mol. The van der Waals surface area contributed by atoms with Crippen LogP contribution in [0.25, 0.3) is 79.4 Å². The third-order valence-corrected chi connectivity index (χ3v) is 15.2. The molecule has 0 fully saturated rings. The van der Waals surface area contributed by atoms with Gasteiger partial charge in [0.1, 0.15) is 17.2 Å². The van der Waals surface area contributed by atoms with E-state index in [-0.39, 0.29) is 66.7 Å². The highest BCUT2D eigenvalue weighted by atomic mass is 16.3. The standard InChI is InChI=1S/C68H50N6O6/c1-67(2,3)40-14-10-38(11-15-40)58-52-31-29-50(69-52)45(24-9-37-7-20-43(75)21-8-37)51-30-32-53(70-51)59(39-12-16-41(17-13-39)68(4,5)6)55-34-36-57(72-55)62(56-35-33-54(58)71-56)74-65(79)48-27-25-46-60-47(26-28-49(61(48)60)66(74)80)64(78)73(63(46)77)42-18-22-44(76)23-19-42/h7-8,10-23,25-36,69,72,75-76H,1-6H3. The molecule has 0 atom stereocenters.